The molecular weight excluding hydrogens is 270 g/mol. The summed E-state index contributed by atoms with van der Waals surface area (Å²) < 4.78 is 39.6. The Bertz CT molecular complexity index is 434. The maximum absolute atomic E-state index is 12.7. The molecule has 1 aromatic carbocycles. The highest BCUT2D eigenvalue weighted by Crippen LogP contribution is 2.49. The van der Waals surface area contributed by atoms with Crippen molar-refractivity contribution in [2.75, 3.05) is 19.8 Å². The van der Waals surface area contributed by atoms with Crippen molar-refractivity contribution in [3.05, 3.63) is 41.7 Å². The smallest absolute Gasteiger partial charge is 0.287 e. The van der Waals surface area contributed by atoms with E-state index in [4.69, 9.17) is 13.6 Å². The predicted octanol–water partition coefficient (Wildman–Crippen LogP) is 4.04. The third kappa shape index (κ3) is 6.12. The Kier molecular flexibility index (Phi) is 6.95. The molecule has 0 spiro atoms. The molecule has 0 aliphatic carbocycles. The lowest BCUT2D eigenvalue weighted by Crippen LogP contribution is -2.00. The van der Waals surface area contributed by atoms with Gasteiger partial charge in [0.05, 0.1) is 19.8 Å². The lowest BCUT2D eigenvalue weighted by atomic mass is 10.2. The van der Waals surface area contributed by atoms with Crippen LogP contribution >= 0.6 is 7.82 Å². The van der Waals surface area contributed by atoms with E-state index in [9.17, 15) is 8.96 Å². The van der Waals surface area contributed by atoms with Crippen LogP contribution in [0.3, 0.4) is 0 Å². The summed E-state index contributed by atoms with van der Waals surface area (Å²) in [6.45, 7) is 4.01. The summed E-state index contributed by atoms with van der Waals surface area (Å²) >= 11 is 0. The first kappa shape index (κ1) is 16.1. The van der Waals surface area contributed by atoms with Gasteiger partial charge in [0.2, 0.25) is 0 Å². The highest BCUT2D eigenvalue weighted by Gasteiger charge is 2.24. The van der Waals surface area contributed by atoms with Crippen LogP contribution in [0.15, 0.2) is 30.3 Å². The van der Waals surface area contributed by atoms with Gasteiger partial charge in [-0.2, -0.15) is 0 Å². The highest BCUT2D eigenvalue weighted by atomic mass is 31.2. The fourth-order valence-electron chi connectivity index (χ4n) is 1.32. The second-order valence-corrected chi connectivity index (χ2v) is 5.20. The van der Waals surface area contributed by atoms with Gasteiger partial charge < -0.3 is 0 Å². The van der Waals surface area contributed by atoms with Crippen molar-refractivity contribution in [2.24, 2.45) is 0 Å². The normalized spacial score (nSPS) is 12.2. The van der Waals surface area contributed by atoms with Crippen LogP contribution in [0.2, 0.25) is 0 Å². The zero-order chi connectivity index (χ0) is 14.1. The molecule has 106 valence electrons. The Balaban J connectivity index is 2.47. The van der Waals surface area contributed by atoms with Crippen LogP contribution in [0.1, 0.15) is 19.4 Å². The fraction of sp³-hybridized carbons (Fsp3) is 0.385. The van der Waals surface area contributed by atoms with Crippen LogP contribution in [0.5, 0.6) is 0 Å². The van der Waals surface area contributed by atoms with Gasteiger partial charge in [-0.3, -0.25) is 13.6 Å². The van der Waals surface area contributed by atoms with Gasteiger partial charge in [-0.15, -0.1) is 0 Å². The molecule has 0 atom stereocenters. The maximum Gasteiger partial charge on any atom is 0.475 e. The van der Waals surface area contributed by atoms with E-state index in [0.29, 0.717) is 0 Å². The molecule has 19 heavy (non-hydrogen) atoms. The molecule has 0 aromatic heterocycles. The van der Waals surface area contributed by atoms with Crippen LogP contribution in [0, 0.1) is 5.82 Å². The lowest BCUT2D eigenvalue weighted by Gasteiger charge is -2.14. The van der Waals surface area contributed by atoms with Crippen LogP contribution < -0.4 is 0 Å². The molecule has 0 fully saturated rings. The first-order chi connectivity index (χ1) is 9.09. The molecule has 1 rings (SSSR count). The molecule has 0 N–H and O–H groups in total. The summed E-state index contributed by atoms with van der Waals surface area (Å²) in [6.07, 6.45) is 3.40. The van der Waals surface area contributed by atoms with E-state index in [2.05, 4.69) is 0 Å². The van der Waals surface area contributed by atoms with Gasteiger partial charge in [-0.25, -0.2) is 8.96 Å². The Morgan fingerprint density at radius 2 is 1.68 bits per heavy atom. The van der Waals surface area contributed by atoms with Gasteiger partial charge in [0.15, 0.2) is 0 Å². The van der Waals surface area contributed by atoms with Crippen LogP contribution in [0.25, 0.3) is 6.08 Å². The van der Waals surface area contributed by atoms with Crippen LogP contribution in [-0.2, 0) is 18.1 Å². The van der Waals surface area contributed by atoms with Crippen molar-refractivity contribution in [1.29, 1.82) is 0 Å². The molecule has 1 aromatic rings. The van der Waals surface area contributed by atoms with Gasteiger partial charge in [-0.1, -0.05) is 24.3 Å². The van der Waals surface area contributed by atoms with Crippen LogP contribution in [0.4, 0.5) is 4.39 Å². The molecule has 0 aliphatic rings. The monoisotopic (exact) mass is 288 g/mol. The molecule has 6 heteroatoms. The molecule has 0 bridgehead atoms. The third-order valence-electron chi connectivity index (χ3n) is 2.08. The minimum Gasteiger partial charge on any atom is -0.287 e. The Labute approximate surface area is 112 Å². The summed E-state index contributed by atoms with van der Waals surface area (Å²) in [5.41, 5.74) is 0.827. The van der Waals surface area contributed by atoms with Gasteiger partial charge in [0.25, 0.3) is 0 Å². The SMILES string of the molecule is CCOP(=O)(OCC)OC/C=C/c1ccc(F)cc1. The number of benzene rings is 1. The van der Waals surface area contributed by atoms with Crippen molar-refractivity contribution in [3.63, 3.8) is 0 Å². The number of rotatable bonds is 8. The summed E-state index contributed by atoms with van der Waals surface area (Å²) in [5, 5.41) is 0. The third-order valence-corrected chi connectivity index (χ3v) is 3.70. The van der Waals surface area contributed by atoms with Crippen molar-refractivity contribution in [1.82, 2.24) is 0 Å². The van der Waals surface area contributed by atoms with Crippen molar-refractivity contribution in [3.8, 4) is 0 Å². The van der Waals surface area contributed by atoms with E-state index in [-0.39, 0.29) is 25.6 Å². The molecule has 0 unspecified atom stereocenters. The van der Waals surface area contributed by atoms with Gasteiger partial charge in [-0.05, 0) is 31.5 Å². The molecule has 0 radical (unpaired) electrons. The molecule has 0 aliphatic heterocycles. The fourth-order valence-corrected chi connectivity index (χ4v) is 2.45. The highest BCUT2D eigenvalue weighted by molar-refractivity contribution is 7.48. The van der Waals surface area contributed by atoms with Gasteiger partial charge >= 0.3 is 7.82 Å². The zero-order valence-corrected chi connectivity index (χ0v) is 11.9. The van der Waals surface area contributed by atoms with E-state index in [1.54, 1.807) is 38.1 Å². The molecule has 0 amide bonds. The second kappa shape index (κ2) is 8.23. The minimum absolute atomic E-state index is 0.0919. The Morgan fingerprint density at radius 1 is 1.11 bits per heavy atom. The lowest BCUT2D eigenvalue weighted by molar-refractivity contribution is 0.131. The average Bonchev–Trinajstić information content (AvgIpc) is 2.37. The summed E-state index contributed by atoms with van der Waals surface area (Å²) in [4.78, 5) is 0. The number of hydrogen-bond donors (Lipinski definition) is 0. The summed E-state index contributed by atoms with van der Waals surface area (Å²) in [5.74, 6) is -0.286. The summed E-state index contributed by atoms with van der Waals surface area (Å²) in [7, 11) is -3.46. The Morgan fingerprint density at radius 3 is 2.21 bits per heavy atom. The first-order valence-corrected chi connectivity index (χ1v) is 7.51. The number of phosphoric ester groups is 1. The standard InChI is InChI=1S/C13H18FO4P/c1-3-16-19(15,17-4-2)18-11-5-6-12-7-9-13(14)10-8-12/h5-10H,3-4,11H2,1-2H3/b6-5+. The minimum atomic E-state index is -3.46. The van der Waals surface area contributed by atoms with Crippen molar-refractivity contribution in [2.45, 2.75) is 13.8 Å². The van der Waals surface area contributed by atoms with Crippen molar-refractivity contribution < 1.29 is 22.5 Å². The number of phosphoric acid groups is 1. The number of halogens is 1. The quantitative estimate of drug-likeness (QED) is 0.677. The molecule has 0 saturated carbocycles. The zero-order valence-electron chi connectivity index (χ0n) is 11.0. The van der Waals surface area contributed by atoms with E-state index < -0.39 is 7.82 Å². The predicted molar refractivity (Wildman–Crippen MR) is 72.2 cm³/mol. The van der Waals surface area contributed by atoms with E-state index in [1.807, 2.05) is 0 Å². The molecule has 4 nitrogen and oxygen atoms in total. The largest absolute Gasteiger partial charge is 0.475 e. The summed E-state index contributed by atoms with van der Waals surface area (Å²) in [6, 6.07) is 6.00. The van der Waals surface area contributed by atoms with E-state index >= 15 is 0 Å². The van der Waals surface area contributed by atoms with Gasteiger partial charge in [0.1, 0.15) is 5.82 Å². The van der Waals surface area contributed by atoms with E-state index in [1.165, 1.54) is 12.1 Å². The molecule has 0 heterocycles. The van der Waals surface area contributed by atoms with Crippen LogP contribution in [-0.4, -0.2) is 19.8 Å². The number of hydrogen-bond acceptors (Lipinski definition) is 4. The molecule has 0 saturated heterocycles. The molecular formula is C13H18FO4P. The van der Waals surface area contributed by atoms with Crippen molar-refractivity contribution >= 4 is 13.9 Å². The van der Waals surface area contributed by atoms with Gasteiger partial charge in [0, 0.05) is 0 Å². The Hall–Kier alpha value is -1.00. The second-order valence-electron chi connectivity index (χ2n) is 3.53. The first-order valence-electron chi connectivity index (χ1n) is 6.05. The topological polar surface area (TPSA) is 44.8 Å². The maximum atomic E-state index is 12.7. The average molecular weight is 288 g/mol. The van der Waals surface area contributed by atoms with E-state index in [0.717, 1.165) is 5.56 Å².